The lowest BCUT2D eigenvalue weighted by molar-refractivity contribution is 0.606. The van der Waals surface area contributed by atoms with Gasteiger partial charge in [-0.15, -0.1) is 11.3 Å². The molecular formula is C16H19ClFN3S. The van der Waals surface area contributed by atoms with Crippen molar-refractivity contribution in [1.29, 1.82) is 0 Å². The highest BCUT2D eigenvalue weighted by Crippen LogP contribution is 2.19. The summed E-state index contributed by atoms with van der Waals surface area (Å²) in [6.07, 6.45) is 0.500. The number of aliphatic imine (C=N–C) groups is 1. The smallest absolute Gasteiger partial charge is 0.191 e. The largest absolute Gasteiger partial charge is 0.356 e. The number of rotatable bonds is 5. The first-order valence-electron chi connectivity index (χ1n) is 7.05. The maximum Gasteiger partial charge on any atom is 0.191 e. The summed E-state index contributed by atoms with van der Waals surface area (Å²) in [6, 6.07) is 9.00. The molecule has 3 nitrogen and oxygen atoms in total. The Morgan fingerprint density at radius 2 is 2.18 bits per heavy atom. The van der Waals surface area contributed by atoms with Gasteiger partial charge in [-0.1, -0.05) is 23.7 Å². The van der Waals surface area contributed by atoms with Gasteiger partial charge in [-0.2, -0.15) is 0 Å². The SMILES string of the molecule is CN=C(NCCc1c(F)cccc1Cl)NC(C)c1cccs1. The minimum Gasteiger partial charge on any atom is -0.356 e. The highest BCUT2D eigenvalue weighted by Gasteiger charge is 2.10. The van der Waals surface area contributed by atoms with Gasteiger partial charge in [0.15, 0.2) is 5.96 Å². The van der Waals surface area contributed by atoms with E-state index < -0.39 is 0 Å². The third-order valence-corrected chi connectivity index (χ3v) is 4.69. The molecule has 1 aromatic heterocycles. The molecule has 0 aliphatic heterocycles. The van der Waals surface area contributed by atoms with Crippen molar-refractivity contribution in [2.75, 3.05) is 13.6 Å². The van der Waals surface area contributed by atoms with Crippen LogP contribution in [-0.4, -0.2) is 19.6 Å². The Morgan fingerprint density at radius 3 is 2.82 bits per heavy atom. The molecule has 0 amide bonds. The Hall–Kier alpha value is -1.59. The summed E-state index contributed by atoms with van der Waals surface area (Å²) in [5, 5.41) is 8.99. The highest BCUT2D eigenvalue weighted by atomic mass is 35.5. The standard InChI is InChI=1S/C16H19ClFN3S/c1-11(15-7-4-10-22-15)21-16(19-2)20-9-8-12-13(17)5-3-6-14(12)18/h3-7,10-11H,8-9H2,1-2H3,(H2,19,20,21). The van der Waals surface area contributed by atoms with Crippen LogP contribution in [0.25, 0.3) is 0 Å². The molecule has 0 radical (unpaired) electrons. The van der Waals surface area contributed by atoms with Crippen LogP contribution in [0.15, 0.2) is 40.7 Å². The average Bonchev–Trinajstić information content (AvgIpc) is 3.03. The van der Waals surface area contributed by atoms with E-state index in [0.29, 0.717) is 29.5 Å². The number of hydrogen-bond donors (Lipinski definition) is 2. The molecule has 0 spiro atoms. The molecule has 1 heterocycles. The van der Waals surface area contributed by atoms with E-state index in [2.05, 4.69) is 28.6 Å². The third kappa shape index (κ3) is 4.45. The van der Waals surface area contributed by atoms with Crippen LogP contribution in [0, 0.1) is 5.82 Å². The Kier molecular flexibility index (Phi) is 6.21. The molecule has 6 heteroatoms. The van der Waals surface area contributed by atoms with Crippen molar-refractivity contribution in [2.45, 2.75) is 19.4 Å². The zero-order valence-electron chi connectivity index (χ0n) is 12.6. The van der Waals surface area contributed by atoms with Crippen molar-refractivity contribution in [3.8, 4) is 0 Å². The van der Waals surface area contributed by atoms with Gasteiger partial charge in [0.05, 0.1) is 6.04 Å². The second-order valence-corrected chi connectivity index (χ2v) is 6.22. The first-order valence-corrected chi connectivity index (χ1v) is 8.31. The van der Waals surface area contributed by atoms with Crippen LogP contribution in [0.5, 0.6) is 0 Å². The van der Waals surface area contributed by atoms with Crippen molar-refractivity contribution in [3.05, 3.63) is 57.0 Å². The number of guanidine groups is 1. The molecule has 22 heavy (non-hydrogen) atoms. The summed E-state index contributed by atoms with van der Waals surface area (Å²) >= 11 is 7.71. The molecule has 118 valence electrons. The van der Waals surface area contributed by atoms with Gasteiger partial charge in [-0.05, 0) is 36.9 Å². The van der Waals surface area contributed by atoms with Crippen molar-refractivity contribution in [3.63, 3.8) is 0 Å². The Balaban J connectivity index is 1.87. The average molecular weight is 340 g/mol. The molecular weight excluding hydrogens is 321 g/mol. The third-order valence-electron chi connectivity index (χ3n) is 3.28. The summed E-state index contributed by atoms with van der Waals surface area (Å²) in [4.78, 5) is 5.42. The summed E-state index contributed by atoms with van der Waals surface area (Å²) in [6.45, 7) is 2.63. The van der Waals surface area contributed by atoms with Crippen LogP contribution in [0.3, 0.4) is 0 Å². The van der Waals surface area contributed by atoms with E-state index in [1.54, 1.807) is 30.5 Å². The number of nitrogens with zero attached hydrogens (tertiary/aromatic N) is 1. The van der Waals surface area contributed by atoms with Crippen LogP contribution in [0.1, 0.15) is 23.4 Å². The molecule has 0 aliphatic carbocycles. The van der Waals surface area contributed by atoms with Gasteiger partial charge < -0.3 is 10.6 Å². The predicted molar refractivity (Wildman–Crippen MR) is 92.3 cm³/mol. The second-order valence-electron chi connectivity index (χ2n) is 4.83. The number of thiophene rings is 1. The minimum atomic E-state index is -0.274. The molecule has 2 aromatic rings. The Morgan fingerprint density at radius 1 is 1.36 bits per heavy atom. The first-order chi connectivity index (χ1) is 10.6. The van der Waals surface area contributed by atoms with Gasteiger partial charge >= 0.3 is 0 Å². The molecule has 1 atom stereocenters. The molecule has 1 aromatic carbocycles. The van der Waals surface area contributed by atoms with Gasteiger partial charge in [-0.25, -0.2) is 4.39 Å². The molecule has 1 unspecified atom stereocenters. The van der Waals surface area contributed by atoms with Crippen molar-refractivity contribution in [1.82, 2.24) is 10.6 Å². The van der Waals surface area contributed by atoms with E-state index in [1.165, 1.54) is 10.9 Å². The van der Waals surface area contributed by atoms with E-state index in [1.807, 2.05) is 11.4 Å². The fourth-order valence-electron chi connectivity index (χ4n) is 2.09. The van der Waals surface area contributed by atoms with Crippen molar-refractivity contribution < 1.29 is 4.39 Å². The van der Waals surface area contributed by atoms with Crippen LogP contribution < -0.4 is 10.6 Å². The molecule has 0 aliphatic rings. The van der Waals surface area contributed by atoms with Gasteiger partial charge in [0.1, 0.15) is 5.82 Å². The summed E-state index contributed by atoms with van der Waals surface area (Å²) in [7, 11) is 1.71. The topological polar surface area (TPSA) is 36.4 Å². The molecule has 0 saturated heterocycles. The van der Waals surface area contributed by atoms with E-state index in [9.17, 15) is 4.39 Å². The molecule has 0 fully saturated rings. The van der Waals surface area contributed by atoms with Crippen LogP contribution in [0.4, 0.5) is 4.39 Å². The van der Waals surface area contributed by atoms with E-state index >= 15 is 0 Å². The normalized spacial score (nSPS) is 13.0. The Labute approximate surface area is 139 Å². The second kappa shape index (κ2) is 8.15. The monoisotopic (exact) mass is 339 g/mol. The Bertz CT molecular complexity index is 608. The van der Waals surface area contributed by atoms with Gasteiger partial charge in [0.2, 0.25) is 0 Å². The van der Waals surface area contributed by atoms with Crippen LogP contribution in [-0.2, 0) is 6.42 Å². The number of benzene rings is 1. The number of hydrogen-bond acceptors (Lipinski definition) is 2. The zero-order chi connectivity index (χ0) is 15.9. The minimum absolute atomic E-state index is 0.170. The molecule has 0 bridgehead atoms. The number of halogens is 2. The van der Waals surface area contributed by atoms with Crippen LogP contribution in [0.2, 0.25) is 5.02 Å². The van der Waals surface area contributed by atoms with Gasteiger partial charge in [-0.3, -0.25) is 4.99 Å². The fraction of sp³-hybridized carbons (Fsp3) is 0.312. The van der Waals surface area contributed by atoms with Gasteiger partial charge in [0, 0.05) is 29.1 Å². The van der Waals surface area contributed by atoms with Crippen LogP contribution >= 0.6 is 22.9 Å². The molecule has 2 rings (SSSR count). The fourth-order valence-corrected chi connectivity index (χ4v) is 3.08. The lowest BCUT2D eigenvalue weighted by Gasteiger charge is -2.17. The zero-order valence-corrected chi connectivity index (χ0v) is 14.1. The number of nitrogens with one attached hydrogen (secondary N) is 2. The van der Waals surface area contributed by atoms with E-state index in [4.69, 9.17) is 11.6 Å². The summed E-state index contributed by atoms with van der Waals surface area (Å²) < 4.78 is 13.7. The van der Waals surface area contributed by atoms with Crippen molar-refractivity contribution in [2.24, 2.45) is 4.99 Å². The highest BCUT2D eigenvalue weighted by molar-refractivity contribution is 7.10. The summed E-state index contributed by atoms with van der Waals surface area (Å²) in [5.74, 6) is 0.414. The lowest BCUT2D eigenvalue weighted by Crippen LogP contribution is -2.39. The van der Waals surface area contributed by atoms with E-state index in [0.717, 1.165) is 0 Å². The molecule has 2 N–H and O–H groups in total. The maximum atomic E-state index is 13.7. The lowest BCUT2D eigenvalue weighted by atomic mass is 10.1. The van der Waals surface area contributed by atoms with Crippen molar-refractivity contribution >= 4 is 28.9 Å². The van der Waals surface area contributed by atoms with E-state index in [-0.39, 0.29) is 11.9 Å². The molecule has 0 saturated carbocycles. The van der Waals surface area contributed by atoms with Gasteiger partial charge in [0.25, 0.3) is 0 Å². The summed E-state index contributed by atoms with van der Waals surface area (Å²) in [5.41, 5.74) is 0.526. The quantitative estimate of drug-likeness (QED) is 0.638. The first kappa shape index (κ1) is 16.8. The predicted octanol–water partition coefficient (Wildman–Crippen LogP) is 4.01. The maximum absolute atomic E-state index is 13.7.